The summed E-state index contributed by atoms with van der Waals surface area (Å²) in [6, 6.07) is 6.30. The molecule has 2 aliphatic heterocycles. The van der Waals surface area contributed by atoms with E-state index in [1.54, 1.807) is 12.1 Å². The van der Waals surface area contributed by atoms with Gasteiger partial charge in [-0.05, 0) is 39.1 Å². The molecule has 1 aromatic rings. The first-order valence-electron chi connectivity index (χ1n) is 7.89. The van der Waals surface area contributed by atoms with Crippen LogP contribution in [0.25, 0.3) is 0 Å². The molecule has 0 bridgehead atoms. The second-order valence-electron chi connectivity index (χ2n) is 6.72. The van der Waals surface area contributed by atoms with E-state index in [1.807, 2.05) is 14.1 Å². The summed E-state index contributed by atoms with van der Waals surface area (Å²) in [7, 11) is 0.301. The summed E-state index contributed by atoms with van der Waals surface area (Å²) < 4.78 is 32.9. The largest absolute Gasteiger partial charge is 0.507 e. The molecule has 23 heavy (non-hydrogen) atoms. The van der Waals surface area contributed by atoms with Gasteiger partial charge in [0.15, 0.2) is 0 Å². The average Bonchev–Trinajstić information content (AvgIpc) is 2.88. The van der Waals surface area contributed by atoms with Crippen LogP contribution in [0, 0.1) is 5.41 Å². The van der Waals surface area contributed by atoms with Crippen molar-refractivity contribution in [3.63, 3.8) is 0 Å². The molecular weight excluding hydrogens is 316 g/mol. The molecule has 3 rings (SSSR count). The standard InChI is InChI=1S/C16H24N2O4S/c1-17(2)15-11-18(12-16(15)7-9-22-10-8-16)23(20,21)14-6-4-3-5-13(14)19/h3-6,15,19H,7-12H2,1-2H3. The molecule has 1 N–H and O–H groups in total. The summed E-state index contributed by atoms with van der Waals surface area (Å²) >= 11 is 0. The Morgan fingerprint density at radius 2 is 1.91 bits per heavy atom. The second kappa shape index (κ2) is 6.05. The Kier molecular flexibility index (Phi) is 4.39. The number of para-hydroxylation sites is 1. The molecule has 6 nitrogen and oxygen atoms in total. The molecule has 0 saturated carbocycles. The molecule has 1 atom stereocenters. The molecule has 2 saturated heterocycles. The van der Waals surface area contributed by atoms with E-state index in [4.69, 9.17) is 4.74 Å². The summed E-state index contributed by atoms with van der Waals surface area (Å²) in [5, 5.41) is 9.95. The Bertz CT molecular complexity index is 668. The molecule has 0 radical (unpaired) electrons. The van der Waals surface area contributed by atoms with Crippen LogP contribution in [0.1, 0.15) is 12.8 Å². The van der Waals surface area contributed by atoms with Gasteiger partial charge in [-0.3, -0.25) is 0 Å². The van der Waals surface area contributed by atoms with E-state index in [0.717, 1.165) is 12.8 Å². The molecule has 0 aromatic heterocycles. The van der Waals surface area contributed by atoms with Gasteiger partial charge in [0.25, 0.3) is 0 Å². The van der Waals surface area contributed by atoms with Crippen LogP contribution in [-0.4, -0.2) is 69.2 Å². The third-order valence-electron chi connectivity index (χ3n) is 5.17. The number of hydrogen-bond acceptors (Lipinski definition) is 5. The number of benzene rings is 1. The van der Waals surface area contributed by atoms with Gasteiger partial charge >= 0.3 is 0 Å². The normalized spacial score (nSPS) is 25.3. The van der Waals surface area contributed by atoms with Crippen molar-refractivity contribution in [2.45, 2.75) is 23.8 Å². The zero-order valence-corrected chi connectivity index (χ0v) is 14.4. The summed E-state index contributed by atoms with van der Waals surface area (Å²) in [6.07, 6.45) is 1.73. The minimum atomic E-state index is -3.70. The van der Waals surface area contributed by atoms with E-state index in [2.05, 4.69) is 4.90 Å². The molecule has 128 valence electrons. The first kappa shape index (κ1) is 16.7. The molecule has 0 aliphatic carbocycles. The lowest BCUT2D eigenvalue weighted by Gasteiger charge is -2.40. The van der Waals surface area contributed by atoms with Gasteiger partial charge in [0.2, 0.25) is 10.0 Å². The highest BCUT2D eigenvalue weighted by Crippen LogP contribution is 2.44. The quantitative estimate of drug-likeness (QED) is 0.893. The Hall–Kier alpha value is -1.15. The molecule has 7 heteroatoms. The third kappa shape index (κ3) is 2.87. The van der Waals surface area contributed by atoms with E-state index in [9.17, 15) is 13.5 Å². The minimum Gasteiger partial charge on any atom is -0.507 e. The van der Waals surface area contributed by atoms with E-state index in [0.29, 0.717) is 26.3 Å². The zero-order chi connectivity index (χ0) is 16.7. The van der Waals surface area contributed by atoms with E-state index in [-0.39, 0.29) is 22.1 Å². The van der Waals surface area contributed by atoms with Gasteiger partial charge in [-0.25, -0.2) is 8.42 Å². The zero-order valence-electron chi connectivity index (χ0n) is 13.6. The lowest BCUT2D eigenvalue weighted by molar-refractivity contribution is -0.00716. The van der Waals surface area contributed by atoms with Crippen molar-refractivity contribution in [2.75, 3.05) is 40.4 Å². The van der Waals surface area contributed by atoms with Crippen LogP contribution in [0.2, 0.25) is 0 Å². The smallest absolute Gasteiger partial charge is 0.246 e. The molecule has 0 amide bonds. The second-order valence-corrected chi connectivity index (χ2v) is 8.63. The molecule has 1 unspecified atom stereocenters. The number of sulfonamides is 1. The van der Waals surface area contributed by atoms with Crippen molar-refractivity contribution in [1.29, 1.82) is 0 Å². The third-order valence-corrected chi connectivity index (χ3v) is 7.03. The van der Waals surface area contributed by atoms with Gasteiger partial charge in [-0.2, -0.15) is 4.31 Å². The Morgan fingerprint density at radius 1 is 1.26 bits per heavy atom. The molecule has 1 aromatic carbocycles. The van der Waals surface area contributed by atoms with Crippen LogP contribution >= 0.6 is 0 Å². The van der Waals surface area contributed by atoms with Gasteiger partial charge in [-0.15, -0.1) is 0 Å². The van der Waals surface area contributed by atoms with Crippen LogP contribution in [-0.2, 0) is 14.8 Å². The van der Waals surface area contributed by atoms with Crippen LogP contribution in [0.15, 0.2) is 29.2 Å². The summed E-state index contributed by atoms with van der Waals surface area (Å²) in [5.41, 5.74) is -0.0702. The molecule has 2 aliphatic rings. The lowest BCUT2D eigenvalue weighted by atomic mass is 9.75. The highest BCUT2D eigenvalue weighted by atomic mass is 32.2. The van der Waals surface area contributed by atoms with Crippen molar-refractivity contribution in [3.05, 3.63) is 24.3 Å². The highest BCUT2D eigenvalue weighted by molar-refractivity contribution is 7.89. The van der Waals surface area contributed by atoms with Crippen LogP contribution in [0.5, 0.6) is 5.75 Å². The van der Waals surface area contributed by atoms with Crippen molar-refractivity contribution >= 4 is 10.0 Å². The fourth-order valence-electron chi connectivity index (χ4n) is 3.89. The molecule has 1 spiro atoms. The fraction of sp³-hybridized carbons (Fsp3) is 0.625. The maximum Gasteiger partial charge on any atom is 0.246 e. The Balaban J connectivity index is 1.94. The monoisotopic (exact) mass is 340 g/mol. The maximum absolute atomic E-state index is 13.0. The van der Waals surface area contributed by atoms with E-state index >= 15 is 0 Å². The topological polar surface area (TPSA) is 70.1 Å². The summed E-state index contributed by atoms with van der Waals surface area (Å²) in [4.78, 5) is 2.10. The number of phenols is 1. The molecular formula is C16H24N2O4S. The number of hydrogen-bond donors (Lipinski definition) is 1. The first-order valence-corrected chi connectivity index (χ1v) is 9.33. The van der Waals surface area contributed by atoms with Gasteiger partial charge in [-0.1, -0.05) is 12.1 Å². The lowest BCUT2D eigenvalue weighted by Crippen LogP contribution is -2.46. The summed E-state index contributed by atoms with van der Waals surface area (Å²) in [5.74, 6) is -0.193. The number of rotatable bonds is 3. The number of likely N-dealkylation sites (N-methyl/N-ethyl adjacent to an activating group) is 1. The van der Waals surface area contributed by atoms with Crippen LogP contribution < -0.4 is 0 Å². The highest BCUT2D eigenvalue weighted by Gasteiger charge is 2.51. The van der Waals surface area contributed by atoms with Crippen molar-refractivity contribution in [2.24, 2.45) is 5.41 Å². The SMILES string of the molecule is CN(C)C1CN(S(=O)(=O)c2ccccc2O)CC12CCOCC2. The predicted molar refractivity (Wildman–Crippen MR) is 86.8 cm³/mol. The molecule has 2 heterocycles. The first-order chi connectivity index (χ1) is 10.9. The van der Waals surface area contributed by atoms with E-state index in [1.165, 1.54) is 16.4 Å². The van der Waals surface area contributed by atoms with E-state index < -0.39 is 10.0 Å². The maximum atomic E-state index is 13.0. The Labute approximate surface area is 137 Å². The number of aromatic hydroxyl groups is 1. The summed E-state index contributed by atoms with van der Waals surface area (Å²) in [6.45, 7) is 2.28. The van der Waals surface area contributed by atoms with Crippen LogP contribution in [0.4, 0.5) is 0 Å². The van der Waals surface area contributed by atoms with Crippen molar-refractivity contribution in [1.82, 2.24) is 9.21 Å². The van der Waals surface area contributed by atoms with Gasteiger partial charge < -0.3 is 14.7 Å². The van der Waals surface area contributed by atoms with Gasteiger partial charge in [0, 0.05) is 37.8 Å². The number of nitrogens with zero attached hydrogens (tertiary/aromatic N) is 2. The Morgan fingerprint density at radius 3 is 2.52 bits per heavy atom. The number of phenolic OH excluding ortho intramolecular Hbond substituents is 1. The fourth-order valence-corrected chi connectivity index (χ4v) is 5.51. The van der Waals surface area contributed by atoms with Crippen LogP contribution in [0.3, 0.4) is 0 Å². The van der Waals surface area contributed by atoms with Gasteiger partial charge in [0.05, 0.1) is 0 Å². The van der Waals surface area contributed by atoms with Crippen molar-refractivity contribution < 1.29 is 18.3 Å². The average molecular weight is 340 g/mol. The minimum absolute atomic E-state index is 0.0124. The van der Waals surface area contributed by atoms with Crippen molar-refractivity contribution in [3.8, 4) is 5.75 Å². The van der Waals surface area contributed by atoms with Gasteiger partial charge in [0.1, 0.15) is 10.6 Å². The predicted octanol–water partition coefficient (Wildman–Crippen LogP) is 1.12. The molecule has 2 fully saturated rings. The number of ether oxygens (including phenoxy) is 1.